The summed E-state index contributed by atoms with van der Waals surface area (Å²) in [4.78, 5) is 0. The van der Waals surface area contributed by atoms with Crippen LogP contribution in [0.15, 0.2) is 21.9 Å². The number of hydrogen-bond acceptors (Lipinski definition) is 2. The monoisotopic (exact) mass is 152 g/mol. The second-order valence-corrected chi connectivity index (χ2v) is 4.04. The molecular formula is C9H16N2. The van der Waals surface area contributed by atoms with Gasteiger partial charge in [-0.1, -0.05) is 11.6 Å². The van der Waals surface area contributed by atoms with Crippen molar-refractivity contribution in [2.45, 2.75) is 45.7 Å². The van der Waals surface area contributed by atoms with Gasteiger partial charge in [-0.3, -0.25) is 0 Å². The molecule has 11 heavy (non-hydrogen) atoms. The summed E-state index contributed by atoms with van der Waals surface area (Å²) in [5, 5.41) is 8.36. The van der Waals surface area contributed by atoms with Crippen LogP contribution in [0.5, 0.6) is 0 Å². The van der Waals surface area contributed by atoms with Crippen molar-refractivity contribution in [1.82, 2.24) is 0 Å². The van der Waals surface area contributed by atoms with Crippen LogP contribution in [0.1, 0.15) is 34.1 Å². The Kier molecular flexibility index (Phi) is 2.12. The second kappa shape index (κ2) is 2.76. The van der Waals surface area contributed by atoms with Crippen molar-refractivity contribution in [3.05, 3.63) is 11.6 Å². The summed E-state index contributed by atoms with van der Waals surface area (Å²) in [5.74, 6) is 0. The zero-order chi connectivity index (χ0) is 8.48. The molecule has 0 amide bonds. The van der Waals surface area contributed by atoms with Crippen LogP contribution >= 0.6 is 0 Å². The van der Waals surface area contributed by atoms with E-state index in [1.165, 1.54) is 5.57 Å². The molecule has 0 aromatic carbocycles. The molecule has 0 fully saturated rings. The maximum atomic E-state index is 4.18. The minimum Gasteiger partial charge on any atom is -0.187 e. The fourth-order valence-corrected chi connectivity index (χ4v) is 1.30. The van der Waals surface area contributed by atoms with Gasteiger partial charge < -0.3 is 0 Å². The van der Waals surface area contributed by atoms with Crippen LogP contribution in [-0.4, -0.2) is 11.6 Å². The fourth-order valence-electron chi connectivity index (χ4n) is 1.30. The molecule has 0 aromatic rings. The van der Waals surface area contributed by atoms with Gasteiger partial charge in [-0.05, 0) is 27.7 Å². The summed E-state index contributed by atoms with van der Waals surface area (Å²) in [7, 11) is 0. The molecule has 0 aliphatic carbocycles. The lowest BCUT2D eigenvalue weighted by Crippen LogP contribution is -2.15. The molecule has 1 aliphatic heterocycles. The van der Waals surface area contributed by atoms with Crippen LogP contribution in [0, 0.1) is 0 Å². The Morgan fingerprint density at radius 1 is 1.45 bits per heavy atom. The first-order valence-corrected chi connectivity index (χ1v) is 4.07. The first-order chi connectivity index (χ1) is 4.99. The lowest BCUT2D eigenvalue weighted by atomic mass is 9.98. The highest BCUT2D eigenvalue weighted by Crippen LogP contribution is 2.27. The normalized spacial score (nSPS) is 27.1. The van der Waals surface area contributed by atoms with Crippen LogP contribution < -0.4 is 0 Å². The molecule has 1 heterocycles. The second-order valence-electron chi connectivity index (χ2n) is 4.04. The first-order valence-electron chi connectivity index (χ1n) is 4.07. The van der Waals surface area contributed by atoms with Crippen LogP contribution in [0.4, 0.5) is 0 Å². The van der Waals surface area contributed by atoms with Crippen molar-refractivity contribution >= 4 is 0 Å². The van der Waals surface area contributed by atoms with E-state index in [2.05, 4.69) is 44.0 Å². The number of nitrogens with zero attached hydrogens (tertiary/aromatic N) is 2. The van der Waals surface area contributed by atoms with E-state index in [0.29, 0.717) is 6.04 Å². The lowest BCUT2D eigenvalue weighted by molar-refractivity contribution is 0.515. The topological polar surface area (TPSA) is 24.7 Å². The summed E-state index contributed by atoms with van der Waals surface area (Å²) in [6.45, 7) is 8.44. The van der Waals surface area contributed by atoms with Crippen LogP contribution in [0.25, 0.3) is 0 Å². The zero-order valence-electron chi connectivity index (χ0n) is 7.76. The highest BCUT2D eigenvalue weighted by Gasteiger charge is 2.26. The molecule has 2 heteroatoms. The number of hydrogen-bond donors (Lipinski definition) is 0. The predicted molar refractivity (Wildman–Crippen MR) is 46.8 cm³/mol. The minimum atomic E-state index is 0.0661. The molecule has 1 rings (SSSR count). The van der Waals surface area contributed by atoms with Crippen LogP contribution in [0.2, 0.25) is 0 Å². The molecule has 0 N–H and O–H groups in total. The highest BCUT2D eigenvalue weighted by atomic mass is 15.2. The van der Waals surface area contributed by atoms with E-state index in [4.69, 9.17) is 0 Å². The smallest absolute Gasteiger partial charge is 0.0914 e. The molecule has 1 atom stereocenters. The quantitative estimate of drug-likeness (QED) is 0.516. The first kappa shape index (κ1) is 8.44. The lowest BCUT2D eigenvalue weighted by Gasteiger charge is -2.10. The minimum absolute atomic E-state index is 0.0661. The Balaban J connectivity index is 2.58. The van der Waals surface area contributed by atoms with E-state index in [1.54, 1.807) is 0 Å². The molecular weight excluding hydrogens is 136 g/mol. The van der Waals surface area contributed by atoms with Crippen molar-refractivity contribution in [2.75, 3.05) is 0 Å². The Morgan fingerprint density at radius 3 is 2.45 bits per heavy atom. The molecule has 0 saturated heterocycles. The predicted octanol–water partition coefficient (Wildman–Crippen LogP) is 2.96. The van der Waals surface area contributed by atoms with E-state index >= 15 is 0 Å². The Hall–Kier alpha value is -0.660. The van der Waals surface area contributed by atoms with Crippen LogP contribution in [-0.2, 0) is 0 Å². The van der Waals surface area contributed by atoms with Gasteiger partial charge in [-0.25, -0.2) is 0 Å². The molecule has 2 nitrogen and oxygen atoms in total. The van der Waals surface area contributed by atoms with Gasteiger partial charge in [0.05, 0.1) is 11.6 Å². The summed E-state index contributed by atoms with van der Waals surface area (Å²) in [6.07, 6.45) is 3.23. The van der Waals surface area contributed by atoms with Crippen molar-refractivity contribution in [3.8, 4) is 0 Å². The Morgan fingerprint density at radius 2 is 2.09 bits per heavy atom. The molecule has 0 spiro atoms. The SMILES string of the molecule is CC(C)=CC1CC(C)(C)N=N1. The average Bonchev–Trinajstić information content (AvgIpc) is 2.08. The van der Waals surface area contributed by atoms with Crippen molar-refractivity contribution in [3.63, 3.8) is 0 Å². The van der Waals surface area contributed by atoms with E-state index < -0.39 is 0 Å². The fraction of sp³-hybridized carbons (Fsp3) is 0.778. The van der Waals surface area contributed by atoms with Crippen molar-refractivity contribution < 1.29 is 0 Å². The van der Waals surface area contributed by atoms with E-state index in [-0.39, 0.29) is 5.54 Å². The van der Waals surface area contributed by atoms with Gasteiger partial charge in [0.25, 0.3) is 0 Å². The zero-order valence-corrected chi connectivity index (χ0v) is 7.76. The molecule has 0 bridgehead atoms. The van der Waals surface area contributed by atoms with Crippen LogP contribution in [0.3, 0.4) is 0 Å². The molecule has 0 saturated carbocycles. The van der Waals surface area contributed by atoms with E-state index in [1.807, 2.05) is 0 Å². The third-order valence-corrected chi connectivity index (χ3v) is 1.71. The Labute approximate surface area is 68.4 Å². The van der Waals surface area contributed by atoms with E-state index in [9.17, 15) is 0 Å². The number of azo groups is 1. The average molecular weight is 152 g/mol. The Bertz CT molecular complexity index is 198. The highest BCUT2D eigenvalue weighted by molar-refractivity contribution is 5.05. The standard InChI is InChI=1S/C9H16N2/c1-7(2)5-8-6-9(3,4)11-10-8/h5,8H,6H2,1-4H3. The van der Waals surface area contributed by atoms with Gasteiger partial charge in [0.2, 0.25) is 0 Å². The molecule has 0 radical (unpaired) electrons. The largest absolute Gasteiger partial charge is 0.187 e. The summed E-state index contributed by atoms with van der Waals surface area (Å²) in [5.41, 5.74) is 1.39. The molecule has 1 unspecified atom stereocenters. The van der Waals surface area contributed by atoms with Gasteiger partial charge in [-0.15, -0.1) is 0 Å². The van der Waals surface area contributed by atoms with Gasteiger partial charge in [0.15, 0.2) is 0 Å². The third kappa shape index (κ3) is 2.45. The van der Waals surface area contributed by atoms with E-state index in [0.717, 1.165) is 6.42 Å². The third-order valence-electron chi connectivity index (χ3n) is 1.71. The van der Waals surface area contributed by atoms with Gasteiger partial charge >= 0.3 is 0 Å². The molecule has 1 aliphatic rings. The van der Waals surface area contributed by atoms with Crippen molar-refractivity contribution in [1.29, 1.82) is 0 Å². The summed E-state index contributed by atoms with van der Waals surface area (Å²) in [6, 6.07) is 0.329. The molecule has 62 valence electrons. The number of allylic oxidation sites excluding steroid dienone is 1. The summed E-state index contributed by atoms with van der Waals surface area (Å²) < 4.78 is 0. The molecule has 0 aromatic heterocycles. The summed E-state index contributed by atoms with van der Waals surface area (Å²) >= 11 is 0. The van der Waals surface area contributed by atoms with Crippen molar-refractivity contribution in [2.24, 2.45) is 10.2 Å². The van der Waals surface area contributed by atoms with Gasteiger partial charge in [0.1, 0.15) is 0 Å². The number of rotatable bonds is 1. The maximum Gasteiger partial charge on any atom is 0.0914 e. The van der Waals surface area contributed by atoms with Gasteiger partial charge in [0, 0.05) is 6.42 Å². The van der Waals surface area contributed by atoms with Gasteiger partial charge in [-0.2, -0.15) is 10.2 Å². The maximum absolute atomic E-state index is 4.18.